The van der Waals surface area contributed by atoms with E-state index in [-0.39, 0.29) is 6.61 Å². The molecule has 158 valence electrons. The lowest BCUT2D eigenvalue weighted by Gasteiger charge is -2.21. The zero-order valence-corrected chi connectivity index (χ0v) is 17.2. The molecule has 6 nitrogen and oxygen atoms in total. The molecule has 0 spiro atoms. The highest BCUT2D eigenvalue weighted by Crippen LogP contribution is 2.18. The molecule has 1 N–H and O–H groups in total. The van der Waals surface area contributed by atoms with Crippen LogP contribution in [0.1, 0.15) is 25.0 Å². The van der Waals surface area contributed by atoms with Crippen LogP contribution in [0.15, 0.2) is 78.0 Å². The van der Waals surface area contributed by atoms with E-state index in [0.717, 1.165) is 11.1 Å². The molecule has 0 unspecified atom stereocenters. The van der Waals surface area contributed by atoms with Crippen LogP contribution >= 0.6 is 0 Å². The number of benzene rings is 2. The van der Waals surface area contributed by atoms with Crippen LogP contribution in [0.25, 0.3) is 0 Å². The molecule has 0 saturated carbocycles. The van der Waals surface area contributed by atoms with E-state index in [0.29, 0.717) is 18.6 Å². The second kappa shape index (κ2) is 12.3. The van der Waals surface area contributed by atoms with E-state index >= 15 is 0 Å². The Kier molecular flexibility index (Phi) is 9.48. The van der Waals surface area contributed by atoms with Crippen LogP contribution < -0.4 is 0 Å². The van der Waals surface area contributed by atoms with Crippen molar-refractivity contribution in [3.05, 3.63) is 83.9 Å². The monoisotopic (exact) mass is 409 g/mol. The van der Waals surface area contributed by atoms with Gasteiger partial charge in [-0.05, 0) is 24.5 Å². The summed E-state index contributed by atoms with van der Waals surface area (Å²) < 4.78 is 4.95. The van der Waals surface area contributed by atoms with Crippen molar-refractivity contribution in [2.24, 2.45) is 11.1 Å². The van der Waals surface area contributed by atoms with Crippen LogP contribution in [-0.2, 0) is 32.0 Å². The summed E-state index contributed by atoms with van der Waals surface area (Å²) in [6.45, 7) is 3.24. The Balaban J connectivity index is 2.31. The van der Waals surface area contributed by atoms with E-state index < -0.39 is 24.0 Å². The molecule has 0 aliphatic heterocycles. The minimum atomic E-state index is -1.07. The number of esters is 1. The zero-order valence-electron chi connectivity index (χ0n) is 17.2. The highest BCUT2D eigenvalue weighted by atomic mass is 16.7. The molecule has 0 radical (unpaired) electrons. The van der Waals surface area contributed by atoms with Gasteiger partial charge in [-0.1, -0.05) is 71.9 Å². The van der Waals surface area contributed by atoms with E-state index in [1.165, 1.54) is 13.0 Å². The van der Waals surface area contributed by atoms with Crippen LogP contribution in [0.3, 0.4) is 0 Å². The Labute approximate surface area is 176 Å². The molecule has 0 aliphatic carbocycles. The second-order valence-corrected chi connectivity index (χ2v) is 6.74. The summed E-state index contributed by atoms with van der Waals surface area (Å²) in [5, 5.41) is 15.0. The number of rotatable bonds is 10. The molecule has 2 aromatic rings. The predicted octanol–water partition coefficient (Wildman–Crippen LogP) is 3.49. The molecule has 2 atom stereocenters. The van der Waals surface area contributed by atoms with Crippen LogP contribution in [0.4, 0.5) is 0 Å². The Hall–Kier alpha value is -3.25. The lowest BCUT2D eigenvalue weighted by Crippen LogP contribution is -2.32. The fourth-order valence-electron chi connectivity index (χ4n) is 2.93. The van der Waals surface area contributed by atoms with Crippen molar-refractivity contribution in [1.82, 2.24) is 0 Å². The quantitative estimate of drug-likeness (QED) is 0.213. The number of ether oxygens (including phenoxy) is 1. The number of carbonyl (C=O) groups excluding carboxylic acids is 2. The first-order valence-electron chi connectivity index (χ1n) is 9.84. The third-order valence-electron chi connectivity index (χ3n) is 4.35. The first kappa shape index (κ1) is 23.0. The van der Waals surface area contributed by atoms with Gasteiger partial charge in [-0.15, -0.1) is 0 Å². The SMILES string of the molecule is CCOC(=O)/C=C/[C@@H](Cc1ccccc1)[C@@H](O)/C(Cc1ccccc1)=N/OC(C)=O. The maximum atomic E-state index is 11.8. The molecule has 0 heterocycles. The first-order chi connectivity index (χ1) is 14.5. The van der Waals surface area contributed by atoms with Gasteiger partial charge in [0.05, 0.1) is 12.3 Å². The molecule has 0 aromatic heterocycles. The Morgan fingerprint density at radius 2 is 1.63 bits per heavy atom. The summed E-state index contributed by atoms with van der Waals surface area (Å²) in [4.78, 5) is 27.9. The predicted molar refractivity (Wildman–Crippen MR) is 115 cm³/mol. The lowest BCUT2D eigenvalue weighted by molar-refractivity contribution is -0.141. The average Bonchev–Trinajstić information content (AvgIpc) is 2.75. The van der Waals surface area contributed by atoms with Crippen molar-refractivity contribution in [2.45, 2.75) is 32.8 Å². The number of nitrogens with zero attached hydrogens (tertiary/aromatic N) is 1. The standard InChI is InChI=1S/C24H27NO5/c1-3-29-23(27)15-14-21(16-19-10-6-4-7-11-19)24(28)22(25-30-18(2)26)17-20-12-8-5-9-13-20/h4-15,21,24,28H,3,16-17H2,1-2H3/b15-14+,25-22+/t21-,24+/m0/s1. The summed E-state index contributed by atoms with van der Waals surface area (Å²) in [7, 11) is 0. The van der Waals surface area contributed by atoms with Gasteiger partial charge in [0.2, 0.25) is 0 Å². The van der Waals surface area contributed by atoms with Gasteiger partial charge in [0.1, 0.15) is 6.10 Å². The largest absolute Gasteiger partial charge is 0.463 e. The fourth-order valence-corrected chi connectivity index (χ4v) is 2.93. The molecule has 30 heavy (non-hydrogen) atoms. The minimum Gasteiger partial charge on any atom is -0.463 e. The molecule has 2 aromatic carbocycles. The second-order valence-electron chi connectivity index (χ2n) is 6.74. The molecule has 6 heteroatoms. The highest BCUT2D eigenvalue weighted by molar-refractivity contribution is 5.91. The summed E-state index contributed by atoms with van der Waals surface area (Å²) in [5.41, 5.74) is 2.20. The van der Waals surface area contributed by atoms with Gasteiger partial charge in [0.25, 0.3) is 0 Å². The molecule has 0 saturated heterocycles. The van der Waals surface area contributed by atoms with Crippen molar-refractivity contribution >= 4 is 17.7 Å². The molecule has 0 aliphatic rings. The highest BCUT2D eigenvalue weighted by Gasteiger charge is 2.24. The Morgan fingerprint density at radius 1 is 1.03 bits per heavy atom. The minimum absolute atomic E-state index is 0.266. The van der Waals surface area contributed by atoms with E-state index in [9.17, 15) is 14.7 Å². The topological polar surface area (TPSA) is 85.2 Å². The van der Waals surface area contributed by atoms with E-state index in [1.54, 1.807) is 13.0 Å². The molecule has 0 amide bonds. The third-order valence-corrected chi connectivity index (χ3v) is 4.35. The fraction of sp³-hybridized carbons (Fsp3) is 0.292. The van der Waals surface area contributed by atoms with Gasteiger partial charge < -0.3 is 14.7 Å². The molecular weight excluding hydrogens is 382 g/mol. The van der Waals surface area contributed by atoms with Crippen molar-refractivity contribution in [1.29, 1.82) is 0 Å². The van der Waals surface area contributed by atoms with Crippen LogP contribution in [0, 0.1) is 5.92 Å². The van der Waals surface area contributed by atoms with Gasteiger partial charge in [-0.3, -0.25) is 0 Å². The molecule has 0 fully saturated rings. The summed E-state index contributed by atoms with van der Waals surface area (Å²) >= 11 is 0. The number of aliphatic hydroxyl groups excluding tert-OH is 1. The molecular formula is C24H27NO5. The number of oxime groups is 1. The van der Waals surface area contributed by atoms with E-state index in [1.807, 2.05) is 60.7 Å². The van der Waals surface area contributed by atoms with Gasteiger partial charge in [-0.2, -0.15) is 0 Å². The maximum Gasteiger partial charge on any atom is 0.331 e. The van der Waals surface area contributed by atoms with Crippen molar-refractivity contribution in [3.63, 3.8) is 0 Å². The van der Waals surface area contributed by atoms with E-state index in [2.05, 4.69) is 5.16 Å². The van der Waals surface area contributed by atoms with Crippen LogP contribution in [-0.4, -0.2) is 35.5 Å². The van der Waals surface area contributed by atoms with E-state index in [4.69, 9.17) is 9.57 Å². The van der Waals surface area contributed by atoms with Crippen molar-refractivity contribution in [3.8, 4) is 0 Å². The number of hydrogen-bond donors (Lipinski definition) is 1. The summed E-state index contributed by atoms with van der Waals surface area (Å²) in [6, 6.07) is 19.1. The molecule has 0 bridgehead atoms. The summed E-state index contributed by atoms with van der Waals surface area (Å²) in [6.07, 6.45) is 2.62. The normalized spacial score (nSPS) is 13.6. The smallest absolute Gasteiger partial charge is 0.331 e. The Morgan fingerprint density at radius 3 is 2.20 bits per heavy atom. The number of carbonyl (C=O) groups is 2. The zero-order chi connectivity index (χ0) is 21.8. The van der Waals surface area contributed by atoms with Gasteiger partial charge in [-0.25, -0.2) is 9.59 Å². The van der Waals surface area contributed by atoms with Gasteiger partial charge in [0, 0.05) is 25.3 Å². The number of hydrogen-bond acceptors (Lipinski definition) is 6. The first-order valence-corrected chi connectivity index (χ1v) is 9.84. The van der Waals surface area contributed by atoms with Crippen LogP contribution in [0.2, 0.25) is 0 Å². The average molecular weight is 409 g/mol. The van der Waals surface area contributed by atoms with Crippen molar-refractivity contribution in [2.75, 3.05) is 6.61 Å². The number of aliphatic hydroxyl groups is 1. The Bertz CT molecular complexity index is 862. The lowest BCUT2D eigenvalue weighted by atomic mass is 9.89. The third kappa shape index (κ3) is 8.01. The van der Waals surface area contributed by atoms with Gasteiger partial charge >= 0.3 is 11.9 Å². The van der Waals surface area contributed by atoms with Crippen molar-refractivity contribution < 1.29 is 24.3 Å². The maximum absolute atomic E-state index is 11.8. The molecule has 2 rings (SSSR count). The summed E-state index contributed by atoms with van der Waals surface area (Å²) in [5.74, 6) is -1.53. The van der Waals surface area contributed by atoms with Crippen LogP contribution in [0.5, 0.6) is 0 Å². The van der Waals surface area contributed by atoms with Gasteiger partial charge in [0.15, 0.2) is 0 Å².